The summed E-state index contributed by atoms with van der Waals surface area (Å²) in [7, 11) is 0. The Morgan fingerprint density at radius 3 is 2.26 bits per heavy atom. The van der Waals surface area contributed by atoms with Crippen molar-refractivity contribution in [1.29, 1.82) is 0 Å². The first-order chi connectivity index (χ1) is 9.06. The number of carbonyl (C=O) groups is 1. The van der Waals surface area contributed by atoms with E-state index < -0.39 is 5.97 Å². The van der Waals surface area contributed by atoms with Crippen LogP contribution in [-0.2, 0) is 4.79 Å². The average molecular weight is 328 g/mol. The van der Waals surface area contributed by atoms with E-state index in [-0.39, 0.29) is 18.4 Å². The lowest BCUT2D eigenvalue weighted by Gasteiger charge is -2.08. The average Bonchev–Trinajstić information content (AvgIpc) is 2.70. The summed E-state index contributed by atoms with van der Waals surface area (Å²) in [5.74, 6) is -1.02. The highest BCUT2D eigenvalue weighted by atomic mass is 79.9. The predicted molar refractivity (Wildman–Crippen MR) is 69.0 cm³/mol. The zero-order valence-electron chi connectivity index (χ0n) is 9.62. The molecule has 2 aromatic rings. The highest BCUT2D eigenvalue weighted by Gasteiger charge is 2.12. The van der Waals surface area contributed by atoms with Gasteiger partial charge in [-0.3, -0.25) is 0 Å². The molecule has 0 spiro atoms. The minimum Gasteiger partial charge on any atom is -0.492 e. The molecule has 0 atom stereocenters. The molecule has 0 radical (unpaired) electrons. The maximum absolute atomic E-state index is 11.5. The van der Waals surface area contributed by atoms with Crippen molar-refractivity contribution in [3.8, 4) is 17.5 Å². The molecule has 0 saturated carbocycles. The van der Waals surface area contributed by atoms with E-state index in [0.717, 1.165) is 4.47 Å². The molecule has 0 aliphatic heterocycles. The standard InChI is InChI=1S/C12H10BrNO5/c13-8-1-3-9(4-2-8)18-7-12(17)19-14-10(15)5-6-11(14)16/h1-6,15-16H,7H2. The van der Waals surface area contributed by atoms with Crippen molar-refractivity contribution in [3.05, 3.63) is 40.9 Å². The molecule has 2 rings (SSSR count). The Kier molecular flexibility index (Phi) is 3.96. The van der Waals surface area contributed by atoms with Crippen LogP contribution in [-0.4, -0.2) is 27.5 Å². The van der Waals surface area contributed by atoms with Crippen molar-refractivity contribution in [2.24, 2.45) is 0 Å². The number of hydrogen-bond acceptors (Lipinski definition) is 5. The van der Waals surface area contributed by atoms with Crippen LogP contribution in [0.2, 0.25) is 0 Å². The van der Waals surface area contributed by atoms with Gasteiger partial charge in [-0.05, 0) is 24.3 Å². The summed E-state index contributed by atoms with van der Waals surface area (Å²) in [6.45, 7) is -0.349. The Morgan fingerprint density at radius 1 is 1.11 bits per heavy atom. The highest BCUT2D eigenvalue weighted by molar-refractivity contribution is 9.10. The van der Waals surface area contributed by atoms with Gasteiger partial charge in [0, 0.05) is 16.6 Å². The van der Waals surface area contributed by atoms with Gasteiger partial charge in [0.1, 0.15) is 5.75 Å². The van der Waals surface area contributed by atoms with Crippen LogP contribution in [0.4, 0.5) is 0 Å². The summed E-state index contributed by atoms with van der Waals surface area (Å²) >= 11 is 3.28. The van der Waals surface area contributed by atoms with Gasteiger partial charge in [0.2, 0.25) is 11.8 Å². The molecule has 6 nitrogen and oxygen atoms in total. The molecule has 1 aromatic heterocycles. The van der Waals surface area contributed by atoms with Crippen LogP contribution in [0.5, 0.6) is 17.5 Å². The number of halogens is 1. The third-order valence-electron chi connectivity index (χ3n) is 2.16. The highest BCUT2D eigenvalue weighted by Crippen LogP contribution is 2.19. The van der Waals surface area contributed by atoms with Gasteiger partial charge in [0.15, 0.2) is 6.61 Å². The van der Waals surface area contributed by atoms with Gasteiger partial charge < -0.3 is 19.8 Å². The summed E-state index contributed by atoms with van der Waals surface area (Å²) in [5.41, 5.74) is 0. The molecule has 7 heteroatoms. The van der Waals surface area contributed by atoms with E-state index >= 15 is 0 Å². The second kappa shape index (κ2) is 5.66. The number of nitrogens with zero attached hydrogens (tertiary/aromatic N) is 1. The molecule has 0 saturated heterocycles. The molecule has 0 bridgehead atoms. The zero-order valence-corrected chi connectivity index (χ0v) is 11.2. The third kappa shape index (κ3) is 3.41. The molecule has 0 aliphatic carbocycles. The topological polar surface area (TPSA) is 80.9 Å². The summed E-state index contributed by atoms with van der Waals surface area (Å²) < 4.78 is 6.68. The summed E-state index contributed by atoms with van der Waals surface area (Å²) in [6.07, 6.45) is 0. The lowest BCUT2D eigenvalue weighted by atomic mass is 10.3. The SMILES string of the molecule is O=C(COc1ccc(Br)cc1)On1c(O)ccc1O. The fourth-order valence-corrected chi connectivity index (χ4v) is 1.56. The molecule has 1 aromatic carbocycles. The quantitative estimate of drug-likeness (QED) is 0.893. The van der Waals surface area contributed by atoms with Crippen molar-refractivity contribution >= 4 is 21.9 Å². The van der Waals surface area contributed by atoms with E-state index in [1.54, 1.807) is 24.3 Å². The lowest BCUT2D eigenvalue weighted by Crippen LogP contribution is -2.24. The molecule has 0 aliphatic rings. The number of aromatic nitrogens is 1. The van der Waals surface area contributed by atoms with Crippen molar-refractivity contribution in [1.82, 2.24) is 4.73 Å². The van der Waals surface area contributed by atoms with Gasteiger partial charge in [-0.15, -0.1) is 4.73 Å². The number of benzene rings is 1. The minimum atomic E-state index is -0.760. The predicted octanol–water partition coefficient (Wildman–Crippen LogP) is 1.70. The molecule has 2 N–H and O–H groups in total. The van der Waals surface area contributed by atoms with Crippen LogP contribution >= 0.6 is 15.9 Å². The van der Waals surface area contributed by atoms with Crippen LogP contribution in [0.15, 0.2) is 40.9 Å². The van der Waals surface area contributed by atoms with E-state index in [1.165, 1.54) is 12.1 Å². The van der Waals surface area contributed by atoms with E-state index in [9.17, 15) is 15.0 Å². The fourth-order valence-electron chi connectivity index (χ4n) is 1.30. The van der Waals surface area contributed by atoms with E-state index in [0.29, 0.717) is 10.5 Å². The van der Waals surface area contributed by atoms with E-state index in [1.807, 2.05) is 0 Å². The number of ether oxygens (including phenoxy) is 1. The second-order valence-corrected chi connectivity index (χ2v) is 4.47. The van der Waals surface area contributed by atoms with Gasteiger partial charge in [-0.1, -0.05) is 15.9 Å². The Morgan fingerprint density at radius 2 is 1.68 bits per heavy atom. The maximum Gasteiger partial charge on any atom is 0.370 e. The first-order valence-corrected chi connectivity index (χ1v) is 6.05. The van der Waals surface area contributed by atoms with Crippen LogP contribution in [0.1, 0.15) is 0 Å². The molecular formula is C12H10BrNO5. The normalized spacial score (nSPS) is 10.2. The minimum absolute atomic E-state index is 0.349. The zero-order chi connectivity index (χ0) is 13.8. The molecule has 0 unspecified atom stereocenters. The Bertz CT molecular complexity index is 559. The van der Waals surface area contributed by atoms with Gasteiger partial charge in [-0.2, -0.15) is 0 Å². The van der Waals surface area contributed by atoms with Gasteiger partial charge >= 0.3 is 5.97 Å². The first kappa shape index (κ1) is 13.3. The number of rotatable bonds is 4. The smallest absolute Gasteiger partial charge is 0.370 e. The third-order valence-corrected chi connectivity index (χ3v) is 2.69. The monoisotopic (exact) mass is 327 g/mol. The summed E-state index contributed by atoms with van der Waals surface area (Å²) in [4.78, 5) is 16.2. The van der Waals surface area contributed by atoms with E-state index in [2.05, 4.69) is 15.9 Å². The van der Waals surface area contributed by atoms with Crippen LogP contribution < -0.4 is 9.57 Å². The Hall–Kier alpha value is -2.15. The van der Waals surface area contributed by atoms with Crippen LogP contribution in [0.3, 0.4) is 0 Å². The maximum atomic E-state index is 11.5. The molecule has 100 valence electrons. The molecule has 1 heterocycles. The van der Waals surface area contributed by atoms with Crippen molar-refractivity contribution < 1.29 is 24.6 Å². The Labute approximate surface area is 116 Å². The van der Waals surface area contributed by atoms with Crippen LogP contribution in [0.25, 0.3) is 0 Å². The van der Waals surface area contributed by atoms with Crippen LogP contribution in [0, 0.1) is 0 Å². The fraction of sp³-hybridized carbons (Fsp3) is 0.0833. The number of aromatic hydroxyl groups is 2. The Balaban J connectivity index is 1.90. The van der Waals surface area contributed by atoms with E-state index in [4.69, 9.17) is 9.57 Å². The van der Waals surface area contributed by atoms with Gasteiger partial charge in [-0.25, -0.2) is 4.79 Å². The lowest BCUT2D eigenvalue weighted by molar-refractivity contribution is -0.147. The second-order valence-electron chi connectivity index (χ2n) is 3.55. The summed E-state index contributed by atoms with van der Waals surface area (Å²) in [6, 6.07) is 9.29. The van der Waals surface area contributed by atoms with Gasteiger partial charge in [0.25, 0.3) is 0 Å². The van der Waals surface area contributed by atoms with Gasteiger partial charge in [0.05, 0.1) is 0 Å². The number of hydrogen-bond donors (Lipinski definition) is 2. The molecule has 19 heavy (non-hydrogen) atoms. The van der Waals surface area contributed by atoms with Crippen molar-refractivity contribution in [2.45, 2.75) is 0 Å². The molecule has 0 fully saturated rings. The first-order valence-electron chi connectivity index (χ1n) is 5.25. The van der Waals surface area contributed by atoms with Crippen molar-refractivity contribution in [2.75, 3.05) is 6.61 Å². The van der Waals surface area contributed by atoms with Crippen molar-refractivity contribution in [3.63, 3.8) is 0 Å². The molecular weight excluding hydrogens is 318 g/mol. The number of carbonyl (C=O) groups excluding carboxylic acids is 1. The summed E-state index contributed by atoms with van der Waals surface area (Å²) in [5, 5.41) is 18.6. The molecule has 0 amide bonds. The largest absolute Gasteiger partial charge is 0.492 e.